The van der Waals surface area contributed by atoms with Gasteiger partial charge in [0.15, 0.2) is 0 Å². The summed E-state index contributed by atoms with van der Waals surface area (Å²) in [5.41, 5.74) is 11.7. The van der Waals surface area contributed by atoms with Crippen LogP contribution in [0.5, 0.6) is 5.75 Å². The van der Waals surface area contributed by atoms with Gasteiger partial charge >= 0.3 is 6.03 Å². The number of primary amides is 2. The average Bonchev–Trinajstić information content (AvgIpc) is 3.06. The molecule has 1 aromatic heterocycles. The van der Waals surface area contributed by atoms with Crippen molar-refractivity contribution in [3.05, 3.63) is 35.2 Å². The lowest BCUT2D eigenvalue weighted by molar-refractivity contribution is 0.0159. The molecule has 0 aliphatic carbocycles. The van der Waals surface area contributed by atoms with Crippen LogP contribution in [0.15, 0.2) is 30.3 Å². The van der Waals surface area contributed by atoms with Crippen LogP contribution < -0.4 is 26.8 Å². The summed E-state index contributed by atoms with van der Waals surface area (Å²) in [5.74, 6) is 0.138. The molecule has 1 aliphatic heterocycles. The highest BCUT2D eigenvalue weighted by Gasteiger charge is 2.16. The van der Waals surface area contributed by atoms with Crippen molar-refractivity contribution in [3.63, 3.8) is 0 Å². The maximum Gasteiger partial charge on any atom is 0.316 e. The number of carbonyl (C=O) groups is 2. The normalized spacial score (nSPS) is 16.7. The number of ether oxygens (including phenoxy) is 2. The maximum absolute atomic E-state index is 11.6. The van der Waals surface area contributed by atoms with E-state index in [0.717, 1.165) is 42.3 Å². The number of nitrogens with one attached hydrogen (secondary N) is 2. The second-order valence-electron chi connectivity index (χ2n) is 6.07. The molecule has 2 aromatic rings. The predicted octanol–water partition coefficient (Wildman–Crippen LogP) is 1.76. The number of anilines is 1. The van der Waals surface area contributed by atoms with Crippen molar-refractivity contribution in [2.45, 2.75) is 12.5 Å². The van der Waals surface area contributed by atoms with E-state index in [4.69, 9.17) is 20.9 Å². The summed E-state index contributed by atoms with van der Waals surface area (Å²) >= 11 is 1.20. The molecule has 0 spiro atoms. The molecule has 0 bridgehead atoms. The Morgan fingerprint density at radius 1 is 1.30 bits per heavy atom. The summed E-state index contributed by atoms with van der Waals surface area (Å²) in [6.07, 6.45) is 1.01. The second-order valence-corrected chi connectivity index (χ2v) is 7.12. The zero-order valence-corrected chi connectivity index (χ0v) is 15.5. The van der Waals surface area contributed by atoms with Crippen molar-refractivity contribution < 1.29 is 19.1 Å². The summed E-state index contributed by atoms with van der Waals surface area (Å²) < 4.78 is 11.4. The van der Waals surface area contributed by atoms with Gasteiger partial charge < -0.3 is 31.6 Å². The Balaban J connectivity index is 1.62. The van der Waals surface area contributed by atoms with E-state index < -0.39 is 11.9 Å². The molecule has 3 rings (SSSR count). The van der Waals surface area contributed by atoms with Crippen molar-refractivity contribution in [3.8, 4) is 16.2 Å². The fraction of sp³-hybridized carbons (Fsp3) is 0.333. The largest absolute Gasteiger partial charge is 0.493 e. The minimum absolute atomic E-state index is 0.188. The zero-order chi connectivity index (χ0) is 19.2. The van der Waals surface area contributed by atoms with Gasteiger partial charge in [0, 0.05) is 24.4 Å². The van der Waals surface area contributed by atoms with Crippen molar-refractivity contribution >= 4 is 29.0 Å². The number of benzene rings is 1. The van der Waals surface area contributed by atoms with Gasteiger partial charge in [-0.2, -0.15) is 0 Å². The molecule has 1 unspecified atom stereocenters. The van der Waals surface area contributed by atoms with Crippen molar-refractivity contribution in [2.75, 3.05) is 31.6 Å². The molecule has 144 valence electrons. The molecule has 1 atom stereocenters. The van der Waals surface area contributed by atoms with E-state index >= 15 is 0 Å². The van der Waals surface area contributed by atoms with Gasteiger partial charge in [0.25, 0.3) is 5.91 Å². The standard InChI is InChI=1S/C18H22N4O4S/c19-17(23)16-14(22-18(20)24)9-15(27-16)11-1-3-12(4-2-11)25-7-5-13-10-21-6-8-26-13/h1-4,9,13,21H,5-8,10H2,(H2,19,23)(H3,20,22,24). The lowest BCUT2D eigenvalue weighted by Gasteiger charge is -2.23. The van der Waals surface area contributed by atoms with Gasteiger partial charge in [-0.15, -0.1) is 11.3 Å². The van der Waals surface area contributed by atoms with Crippen LogP contribution in [0.2, 0.25) is 0 Å². The molecule has 1 aromatic carbocycles. The van der Waals surface area contributed by atoms with E-state index in [1.165, 1.54) is 11.3 Å². The summed E-state index contributed by atoms with van der Waals surface area (Å²) in [4.78, 5) is 23.7. The number of rotatable bonds is 7. The molecular weight excluding hydrogens is 368 g/mol. The fourth-order valence-electron chi connectivity index (χ4n) is 2.77. The van der Waals surface area contributed by atoms with Crippen LogP contribution in [-0.4, -0.2) is 44.3 Å². The van der Waals surface area contributed by atoms with Gasteiger partial charge in [0.2, 0.25) is 0 Å². The average molecular weight is 390 g/mol. The first-order valence-corrected chi connectivity index (χ1v) is 9.40. The number of amides is 3. The molecule has 9 heteroatoms. The first kappa shape index (κ1) is 19.2. The summed E-state index contributed by atoms with van der Waals surface area (Å²) in [7, 11) is 0. The summed E-state index contributed by atoms with van der Waals surface area (Å²) in [6, 6.07) is 8.43. The highest BCUT2D eigenvalue weighted by molar-refractivity contribution is 7.18. The SMILES string of the molecule is NC(=O)Nc1cc(-c2ccc(OCCC3CNCCO3)cc2)sc1C(N)=O. The lowest BCUT2D eigenvalue weighted by atomic mass is 10.1. The summed E-state index contributed by atoms with van der Waals surface area (Å²) in [5, 5.41) is 5.71. The number of thiophene rings is 1. The Kier molecular flexibility index (Phi) is 6.28. The fourth-order valence-corrected chi connectivity index (χ4v) is 3.74. The minimum Gasteiger partial charge on any atom is -0.493 e. The minimum atomic E-state index is -0.747. The van der Waals surface area contributed by atoms with E-state index in [9.17, 15) is 9.59 Å². The monoisotopic (exact) mass is 390 g/mol. The molecule has 3 amide bonds. The van der Waals surface area contributed by atoms with Gasteiger partial charge in [-0.1, -0.05) is 0 Å². The molecule has 1 aliphatic rings. The van der Waals surface area contributed by atoms with E-state index in [1.807, 2.05) is 24.3 Å². The molecule has 8 nitrogen and oxygen atoms in total. The van der Waals surface area contributed by atoms with Gasteiger partial charge in [-0.05, 0) is 35.9 Å². The number of carbonyl (C=O) groups excluding carboxylic acids is 2. The third kappa shape index (κ3) is 5.19. The molecule has 1 saturated heterocycles. The Hall–Kier alpha value is -2.62. The smallest absolute Gasteiger partial charge is 0.316 e. The second kappa shape index (κ2) is 8.85. The Bertz CT molecular complexity index is 800. The highest BCUT2D eigenvalue weighted by atomic mass is 32.1. The maximum atomic E-state index is 11.6. The predicted molar refractivity (Wildman–Crippen MR) is 104 cm³/mol. The molecule has 1 fully saturated rings. The van der Waals surface area contributed by atoms with Crippen LogP contribution in [0.4, 0.5) is 10.5 Å². The summed E-state index contributed by atoms with van der Waals surface area (Å²) in [6.45, 7) is 3.06. The van der Waals surface area contributed by atoms with Crippen molar-refractivity contribution in [2.24, 2.45) is 11.5 Å². The number of urea groups is 1. The van der Waals surface area contributed by atoms with Crippen LogP contribution in [0.3, 0.4) is 0 Å². The lowest BCUT2D eigenvalue weighted by Crippen LogP contribution is -2.39. The van der Waals surface area contributed by atoms with Crippen LogP contribution in [0.1, 0.15) is 16.1 Å². The van der Waals surface area contributed by atoms with Gasteiger partial charge in [-0.3, -0.25) is 4.79 Å². The first-order valence-electron chi connectivity index (χ1n) is 8.58. The van der Waals surface area contributed by atoms with Gasteiger partial charge in [-0.25, -0.2) is 4.79 Å². The first-order chi connectivity index (χ1) is 13.0. The number of nitrogens with two attached hydrogens (primary N) is 2. The topological polar surface area (TPSA) is 129 Å². The van der Waals surface area contributed by atoms with Gasteiger partial charge in [0.05, 0.1) is 25.0 Å². The molecule has 6 N–H and O–H groups in total. The van der Waals surface area contributed by atoms with Crippen LogP contribution >= 0.6 is 11.3 Å². The van der Waals surface area contributed by atoms with Crippen molar-refractivity contribution in [1.29, 1.82) is 0 Å². The molecule has 0 saturated carbocycles. The number of morpholine rings is 1. The van der Waals surface area contributed by atoms with Crippen LogP contribution in [0.25, 0.3) is 10.4 Å². The van der Waals surface area contributed by atoms with Gasteiger partial charge in [0.1, 0.15) is 10.6 Å². The van der Waals surface area contributed by atoms with E-state index in [-0.39, 0.29) is 11.0 Å². The van der Waals surface area contributed by atoms with E-state index in [2.05, 4.69) is 10.6 Å². The number of hydrogen-bond donors (Lipinski definition) is 4. The zero-order valence-electron chi connectivity index (χ0n) is 14.7. The Morgan fingerprint density at radius 2 is 2.07 bits per heavy atom. The number of hydrogen-bond acceptors (Lipinski definition) is 6. The molecule has 0 radical (unpaired) electrons. The molecular formula is C18H22N4O4S. The van der Waals surface area contributed by atoms with Crippen LogP contribution in [-0.2, 0) is 4.74 Å². The Morgan fingerprint density at radius 3 is 2.70 bits per heavy atom. The third-order valence-electron chi connectivity index (χ3n) is 4.07. The highest BCUT2D eigenvalue weighted by Crippen LogP contribution is 2.35. The van der Waals surface area contributed by atoms with E-state index in [0.29, 0.717) is 12.3 Å². The van der Waals surface area contributed by atoms with Crippen LogP contribution in [0, 0.1) is 0 Å². The van der Waals surface area contributed by atoms with E-state index in [1.54, 1.807) is 6.07 Å². The third-order valence-corrected chi connectivity index (χ3v) is 5.26. The Labute approximate surface area is 160 Å². The molecule has 27 heavy (non-hydrogen) atoms. The molecule has 2 heterocycles. The van der Waals surface area contributed by atoms with Crippen molar-refractivity contribution in [1.82, 2.24) is 5.32 Å². The quantitative estimate of drug-likeness (QED) is 0.573.